The molecular weight excluding hydrogens is 354 g/mol. The highest BCUT2D eigenvalue weighted by Gasteiger charge is 2.14. The van der Waals surface area contributed by atoms with E-state index in [1.807, 2.05) is 13.8 Å². The maximum atomic E-state index is 12.2. The first kappa shape index (κ1) is 19.9. The van der Waals surface area contributed by atoms with Crippen LogP contribution >= 0.6 is 0 Å². The van der Waals surface area contributed by atoms with Gasteiger partial charge in [0.05, 0.1) is 17.1 Å². The molecule has 0 amide bonds. The molecule has 0 heterocycles. The second kappa shape index (κ2) is 8.82. The zero-order chi connectivity index (χ0) is 19.2. The zero-order valence-electron chi connectivity index (χ0n) is 14.8. The maximum absolute atomic E-state index is 12.2. The number of carbonyl (C=O) groups excluding carboxylic acids is 1. The van der Waals surface area contributed by atoms with Gasteiger partial charge in [-0.3, -0.25) is 0 Å². The number of sulfonamides is 1. The van der Waals surface area contributed by atoms with E-state index in [1.54, 1.807) is 24.3 Å². The maximum Gasteiger partial charge on any atom is 0.338 e. The number of rotatable bonds is 8. The number of ether oxygens (including phenoxy) is 1. The lowest BCUT2D eigenvalue weighted by Crippen LogP contribution is -2.25. The predicted molar refractivity (Wildman–Crippen MR) is 98.7 cm³/mol. The molecule has 0 radical (unpaired) electrons. The lowest BCUT2D eigenvalue weighted by atomic mass is 10.0. The van der Waals surface area contributed by atoms with Gasteiger partial charge < -0.3 is 9.84 Å². The summed E-state index contributed by atoms with van der Waals surface area (Å²) >= 11 is 0. The Balaban J connectivity index is 1.77. The molecule has 0 aliphatic heterocycles. The minimum Gasteiger partial charge on any atom is -0.508 e. The van der Waals surface area contributed by atoms with Gasteiger partial charge in [-0.15, -0.1) is 0 Å². The summed E-state index contributed by atoms with van der Waals surface area (Å²) in [6, 6.07) is 12.5. The topological polar surface area (TPSA) is 92.7 Å². The number of hydrogen-bond acceptors (Lipinski definition) is 5. The first-order valence-corrected chi connectivity index (χ1v) is 9.83. The molecule has 0 aliphatic rings. The van der Waals surface area contributed by atoms with Crippen LogP contribution in [0.3, 0.4) is 0 Å². The standard InChI is InChI=1S/C19H23NO5S/c1-14(2)15-6-10-18(11-7-15)26(23,24)20-12-3-13-25-19(22)16-4-8-17(21)9-5-16/h4-11,14,20-21H,3,12-13H2,1-2H3. The van der Waals surface area contributed by atoms with Crippen LogP contribution < -0.4 is 4.72 Å². The Bertz CT molecular complexity index is 827. The Morgan fingerprint density at radius 3 is 2.27 bits per heavy atom. The van der Waals surface area contributed by atoms with Crippen molar-refractivity contribution in [3.05, 3.63) is 59.7 Å². The van der Waals surface area contributed by atoms with Gasteiger partial charge in [-0.05, 0) is 54.3 Å². The number of aromatic hydroxyl groups is 1. The number of phenolic OH excluding ortho intramolecular Hbond substituents is 1. The van der Waals surface area contributed by atoms with Crippen LogP contribution in [-0.4, -0.2) is 32.6 Å². The summed E-state index contributed by atoms with van der Waals surface area (Å²) in [5, 5.41) is 9.18. The summed E-state index contributed by atoms with van der Waals surface area (Å²) < 4.78 is 32.0. The zero-order valence-corrected chi connectivity index (χ0v) is 15.6. The quantitative estimate of drug-likeness (QED) is 0.545. The van der Waals surface area contributed by atoms with E-state index in [4.69, 9.17) is 4.74 Å². The average molecular weight is 377 g/mol. The highest BCUT2D eigenvalue weighted by atomic mass is 32.2. The third-order valence-electron chi connectivity index (χ3n) is 3.81. The lowest BCUT2D eigenvalue weighted by Gasteiger charge is -2.09. The Labute approximate surface area is 153 Å². The summed E-state index contributed by atoms with van der Waals surface area (Å²) in [4.78, 5) is 12.0. The molecule has 0 atom stereocenters. The van der Waals surface area contributed by atoms with E-state index in [1.165, 1.54) is 24.3 Å². The second-order valence-electron chi connectivity index (χ2n) is 6.16. The fourth-order valence-electron chi connectivity index (χ4n) is 2.24. The number of benzene rings is 2. The van der Waals surface area contributed by atoms with Gasteiger partial charge in [0.1, 0.15) is 5.75 Å². The van der Waals surface area contributed by atoms with Gasteiger partial charge in [0, 0.05) is 6.54 Å². The smallest absolute Gasteiger partial charge is 0.338 e. The van der Waals surface area contributed by atoms with E-state index in [9.17, 15) is 18.3 Å². The second-order valence-corrected chi connectivity index (χ2v) is 7.92. The molecule has 2 aromatic rings. The summed E-state index contributed by atoms with van der Waals surface area (Å²) in [7, 11) is -3.58. The third-order valence-corrected chi connectivity index (χ3v) is 5.28. The van der Waals surface area contributed by atoms with Gasteiger partial charge in [0.2, 0.25) is 10.0 Å². The van der Waals surface area contributed by atoms with Crippen molar-refractivity contribution in [2.24, 2.45) is 0 Å². The normalized spacial score (nSPS) is 11.5. The van der Waals surface area contributed by atoms with E-state index in [0.717, 1.165) is 5.56 Å². The van der Waals surface area contributed by atoms with Gasteiger partial charge in [-0.2, -0.15) is 0 Å². The minimum atomic E-state index is -3.58. The van der Waals surface area contributed by atoms with Crippen LogP contribution in [0.5, 0.6) is 5.75 Å². The van der Waals surface area contributed by atoms with Gasteiger partial charge >= 0.3 is 5.97 Å². The van der Waals surface area contributed by atoms with Crippen molar-refractivity contribution in [2.75, 3.05) is 13.2 Å². The molecule has 0 bridgehead atoms. The molecule has 140 valence electrons. The monoisotopic (exact) mass is 377 g/mol. The molecule has 2 rings (SSSR count). The van der Waals surface area contributed by atoms with Crippen LogP contribution in [0, 0.1) is 0 Å². The van der Waals surface area contributed by atoms with Crippen LogP contribution in [0.4, 0.5) is 0 Å². The summed E-state index contributed by atoms with van der Waals surface area (Å²) in [6.45, 7) is 4.34. The van der Waals surface area contributed by atoms with Crippen molar-refractivity contribution in [3.8, 4) is 5.75 Å². The summed E-state index contributed by atoms with van der Waals surface area (Å²) in [6.07, 6.45) is 0.354. The minimum absolute atomic E-state index is 0.0670. The Kier molecular flexibility index (Phi) is 6.76. The first-order valence-electron chi connectivity index (χ1n) is 8.35. The van der Waals surface area contributed by atoms with E-state index in [0.29, 0.717) is 17.9 Å². The number of esters is 1. The summed E-state index contributed by atoms with van der Waals surface area (Å²) in [5.41, 5.74) is 1.40. The SMILES string of the molecule is CC(C)c1ccc(S(=O)(=O)NCCCOC(=O)c2ccc(O)cc2)cc1. The van der Waals surface area contributed by atoms with Crippen molar-refractivity contribution < 1.29 is 23.1 Å². The lowest BCUT2D eigenvalue weighted by molar-refractivity contribution is 0.0502. The molecule has 0 aromatic heterocycles. The highest BCUT2D eigenvalue weighted by Crippen LogP contribution is 2.17. The van der Waals surface area contributed by atoms with E-state index in [-0.39, 0.29) is 23.8 Å². The van der Waals surface area contributed by atoms with E-state index < -0.39 is 16.0 Å². The molecule has 6 nitrogen and oxygen atoms in total. The average Bonchev–Trinajstić information content (AvgIpc) is 2.62. The molecule has 0 aliphatic carbocycles. The number of phenols is 1. The third kappa shape index (κ3) is 5.57. The Morgan fingerprint density at radius 2 is 1.69 bits per heavy atom. The van der Waals surface area contributed by atoms with Crippen molar-refractivity contribution in [3.63, 3.8) is 0 Å². The molecule has 7 heteroatoms. The van der Waals surface area contributed by atoms with Gasteiger partial charge in [0.15, 0.2) is 0 Å². The van der Waals surface area contributed by atoms with Crippen LogP contribution in [0.15, 0.2) is 53.4 Å². The first-order chi connectivity index (χ1) is 12.3. The van der Waals surface area contributed by atoms with E-state index >= 15 is 0 Å². The number of nitrogens with one attached hydrogen (secondary N) is 1. The van der Waals surface area contributed by atoms with Gasteiger partial charge in [-0.1, -0.05) is 26.0 Å². The number of hydrogen-bond donors (Lipinski definition) is 2. The van der Waals surface area contributed by atoms with Crippen LogP contribution in [0.25, 0.3) is 0 Å². The van der Waals surface area contributed by atoms with Crippen LogP contribution in [0.2, 0.25) is 0 Å². The Hall–Kier alpha value is -2.38. The predicted octanol–water partition coefficient (Wildman–Crippen LogP) is 3.04. The van der Waals surface area contributed by atoms with E-state index in [2.05, 4.69) is 4.72 Å². The molecule has 0 fully saturated rings. The molecule has 0 spiro atoms. The van der Waals surface area contributed by atoms with Crippen LogP contribution in [-0.2, 0) is 14.8 Å². The fourth-order valence-corrected chi connectivity index (χ4v) is 3.31. The van der Waals surface area contributed by atoms with Crippen LogP contribution in [0.1, 0.15) is 42.1 Å². The summed E-state index contributed by atoms with van der Waals surface area (Å²) in [5.74, 6) is -0.113. The molecule has 0 saturated heterocycles. The fraction of sp³-hybridized carbons (Fsp3) is 0.316. The number of carbonyl (C=O) groups is 1. The largest absolute Gasteiger partial charge is 0.508 e. The van der Waals surface area contributed by atoms with Gasteiger partial charge in [0.25, 0.3) is 0 Å². The molecule has 0 saturated carbocycles. The molecular formula is C19H23NO5S. The van der Waals surface area contributed by atoms with Crippen molar-refractivity contribution in [1.82, 2.24) is 4.72 Å². The van der Waals surface area contributed by atoms with Gasteiger partial charge in [-0.25, -0.2) is 17.9 Å². The van der Waals surface area contributed by atoms with Crippen molar-refractivity contribution >= 4 is 16.0 Å². The molecule has 2 aromatic carbocycles. The molecule has 26 heavy (non-hydrogen) atoms. The molecule has 2 N–H and O–H groups in total. The van der Waals surface area contributed by atoms with Crippen molar-refractivity contribution in [1.29, 1.82) is 0 Å². The molecule has 0 unspecified atom stereocenters. The Morgan fingerprint density at radius 1 is 1.08 bits per heavy atom. The highest BCUT2D eigenvalue weighted by molar-refractivity contribution is 7.89. The van der Waals surface area contributed by atoms with Crippen molar-refractivity contribution in [2.45, 2.75) is 31.1 Å².